The number of hydrogen-bond donors (Lipinski definition) is 16. The van der Waals surface area contributed by atoms with Crippen LogP contribution in [0.25, 0.3) is 0 Å². The zero-order chi connectivity index (χ0) is 36.0. The Morgan fingerprint density at radius 2 is 0.196 bits per heavy atom. The van der Waals surface area contributed by atoms with Crippen molar-refractivity contribution >= 4 is 113 Å². The third kappa shape index (κ3) is 467000. The molecule has 36 nitrogen and oxygen atoms in total. The van der Waals surface area contributed by atoms with Crippen LogP contribution in [-0.2, 0) is 103 Å². The summed E-state index contributed by atoms with van der Waals surface area (Å²) in [7, 11) is -37.3. The van der Waals surface area contributed by atoms with Gasteiger partial charge >= 0.3 is 113 Å². The Labute approximate surface area is 292 Å². The third-order valence-corrected chi connectivity index (χ3v) is 0. The summed E-state index contributed by atoms with van der Waals surface area (Å²) in [4.78, 5) is 0. The Morgan fingerprint density at radius 3 is 0.196 bits per heavy atom. The maximum Gasteiger partial charge on any atom is 0 e. The van der Waals surface area contributed by atoms with Crippen LogP contribution in [0.3, 0.4) is 0 Å². The van der Waals surface area contributed by atoms with Gasteiger partial charge in [-0.3, -0.25) is 72.8 Å². The van der Waals surface area contributed by atoms with Gasteiger partial charge in [0.05, 0.1) is 0 Å². The molecule has 0 amide bonds. The van der Waals surface area contributed by atoms with E-state index in [4.69, 9.17) is 140 Å². The summed E-state index contributed by atoms with van der Waals surface area (Å²) in [6.07, 6.45) is 0. The van der Waals surface area contributed by atoms with Gasteiger partial charge in [-0.05, 0) is 0 Å². The molecule has 0 aliphatic heterocycles. The second kappa shape index (κ2) is 38.2. The van der Waals surface area contributed by atoms with Crippen molar-refractivity contribution < 1.29 is 182 Å². The molecule has 0 aromatic carbocycles. The molecule has 292 valence electrons. The Hall–Kier alpha value is 0.423. The van der Waals surface area contributed by atoms with E-state index in [9.17, 15) is 0 Å². The standard InChI is InChI=1S/Na.8H2O4S.4H2O.Zn.H/c;8*1-5(2,3)4;;;;;;/h;8*(H2,1,2,3,4);4*1H2;;. The van der Waals surface area contributed by atoms with Crippen LogP contribution in [0, 0.1) is 0 Å². The van der Waals surface area contributed by atoms with Gasteiger partial charge in [0, 0.05) is 19.5 Å². The maximum atomic E-state index is 8.74. The maximum absolute atomic E-state index is 8.74. The minimum Gasteiger partial charge on any atom is 0 e. The summed E-state index contributed by atoms with van der Waals surface area (Å²) in [5, 5.41) is 0. The summed E-state index contributed by atoms with van der Waals surface area (Å²) in [5.74, 6) is 0. The number of hydrogen-bond acceptors (Lipinski definition) is 16. The predicted molar refractivity (Wildman–Crippen MR) is 135 cm³/mol. The molecule has 46 heteroatoms. The van der Waals surface area contributed by atoms with E-state index in [0.717, 1.165) is 0 Å². The molecule has 0 rings (SSSR count). The van der Waals surface area contributed by atoms with Gasteiger partial charge in [-0.15, -0.1) is 0 Å². The van der Waals surface area contributed by atoms with Crippen LogP contribution in [0.4, 0.5) is 0 Å². The van der Waals surface area contributed by atoms with Gasteiger partial charge < -0.3 is 21.9 Å². The van der Waals surface area contributed by atoms with E-state index in [2.05, 4.69) is 0 Å². The van der Waals surface area contributed by atoms with Crippen molar-refractivity contribution in [1.29, 1.82) is 0 Å². The molecule has 0 unspecified atom stereocenters. The zero-order valence-corrected chi connectivity index (χ0v) is 29.2. The fraction of sp³-hybridized carbons (Fsp3) is 0. The molecular formula is H25NaO36S8Zn. The Balaban J connectivity index is -0.0000000208. The second-order valence-electron chi connectivity index (χ2n) is 3.58. The average Bonchev–Trinajstić information content (AvgIpc) is 2.16. The fourth-order valence-corrected chi connectivity index (χ4v) is 0. The van der Waals surface area contributed by atoms with Gasteiger partial charge in [0.2, 0.25) is 0 Å². The minimum absolute atomic E-state index is 0. The van der Waals surface area contributed by atoms with Crippen LogP contribution in [-0.4, -0.2) is 192 Å². The van der Waals surface area contributed by atoms with Gasteiger partial charge in [0.15, 0.2) is 0 Å². The molecule has 0 spiro atoms. The first-order chi connectivity index (χ1) is 16.0. The first kappa shape index (κ1) is 91.1. The average molecular weight is 946 g/mol. The van der Waals surface area contributed by atoms with Gasteiger partial charge in [0.25, 0.3) is 0 Å². The summed E-state index contributed by atoms with van der Waals surface area (Å²) in [6.45, 7) is 0. The molecule has 0 bridgehead atoms. The quantitative estimate of drug-likeness (QED) is 0.0792. The summed E-state index contributed by atoms with van der Waals surface area (Å²) in [5.41, 5.74) is 0. The van der Waals surface area contributed by atoms with Gasteiger partial charge in [0.1, 0.15) is 0 Å². The smallest absolute Gasteiger partial charge is 0 e. The van der Waals surface area contributed by atoms with Gasteiger partial charge in [-0.25, -0.2) is 0 Å². The largest absolute Gasteiger partial charge is 0 e. The first-order valence-corrected chi connectivity index (χ1v) is 16.8. The first-order valence-electron chi connectivity index (χ1n) is 5.59. The van der Waals surface area contributed by atoms with Crippen LogP contribution in [0.1, 0.15) is 0 Å². The SMILES string of the molecule is O.O.O.O.O=S(=O)(O)O.O=S(=O)(O)O.O=S(=O)(O)O.O=S(=O)(O)O.O=S(=O)(O)O.O=S(=O)(O)O.O=S(=O)(O)O.O=S(=O)(O)O.[NaH].[Zn]. The van der Waals surface area contributed by atoms with E-state index in [1.807, 2.05) is 0 Å². The van der Waals surface area contributed by atoms with Gasteiger partial charge in [-0.2, -0.15) is 67.3 Å². The molecule has 0 aromatic rings. The van der Waals surface area contributed by atoms with Crippen LogP contribution in [0.15, 0.2) is 0 Å². The third-order valence-electron chi connectivity index (χ3n) is 0. The molecule has 24 N–H and O–H groups in total. The molecule has 0 aromatic heterocycles. The van der Waals surface area contributed by atoms with Crippen LogP contribution < -0.4 is 0 Å². The zero-order valence-electron chi connectivity index (χ0n) is 19.7. The van der Waals surface area contributed by atoms with E-state index in [-0.39, 0.29) is 70.9 Å². The Morgan fingerprint density at radius 1 is 0.196 bits per heavy atom. The topological polar surface area (TPSA) is 723 Å². The fourth-order valence-electron chi connectivity index (χ4n) is 0. The second-order valence-corrected chi connectivity index (χ2v) is 10.7. The van der Waals surface area contributed by atoms with E-state index in [1.165, 1.54) is 0 Å². The van der Waals surface area contributed by atoms with E-state index >= 15 is 0 Å². The minimum atomic E-state index is -4.67. The van der Waals surface area contributed by atoms with Crippen molar-refractivity contribution in [3.05, 3.63) is 0 Å². The van der Waals surface area contributed by atoms with Crippen LogP contribution in [0.5, 0.6) is 0 Å². The Bertz CT molecular complexity index is 1070. The molecule has 0 aliphatic carbocycles. The van der Waals surface area contributed by atoms with Crippen molar-refractivity contribution in [2.45, 2.75) is 0 Å². The van der Waals surface area contributed by atoms with Crippen LogP contribution >= 0.6 is 0 Å². The van der Waals surface area contributed by atoms with Crippen LogP contribution in [0.2, 0.25) is 0 Å². The van der Waals surface area contributed by atoms with E-state index in [1.54, 1.807) is 0 Å². The summed E-state index contributed by atoms with van der Waals surface area (Å²) in [6, 6.07) is 0. The van der Waals surface area contributed by atoms with Crippen molar-refractivity contribution in [2.75, 3.05) is 0 Å². The molecule has 0 heterocycles. The monoisotopic (exact) mass is 944 g/mol. The molecule has 0 aliphatic rings. The molecule has 0 saturated carbocycles. The molecule has 0 atom stereocenters. The number of rotatable bonds is 0. The van der Waals surface area contributed by atoms with E-state index in [0.29, 0.717) is 0 Å². The predicted octanol–water partition coefficient (Wildman–Crippen LogP) is -9.17. The normalized spacial score (nSPS) is 10.1. The van der Waals surface area contributed by atoms with Crippen molar-refractivity contribution in [3.8, 4) is 0 Å². The van der Waals surface area contributed by atoms with Gasteiger partial charge in [-0.1, -0.05) is 0 Å². The molecule has 46 heavy (non-hydrogen) atoms. The molecular weight excluding hydrogens is 921 g/mol. The van der Waals surface area contributed by atoms with Crippen molar-refractivity contribution in [2.24, 2.45) is 0 Å². The van der Waals surface area contributed by atoms with E-state index < -0.39 is 83.2 Å². The molecule has 0 fully saturated rings. The summed E-state index contributed by atoms with van der Waals surface area (Å²) < 4.78 is 253. The molecule has 0 radical (unpaired) electrons. The Kier molecular flexibility index (Phi) is 75.7. The van der Waals surface area contributed by atoms with Crippen molar-refractivity contribution in [1.82, 2.24) is 0 Å². The van der Waals surface area contributed by atoms with Crippen molar-refractivity contribution in [3.63, 3.8) is 0 Å². The summed E-state index contributed by atoms with van der Waals surface area (Å²) >= 11 is 0. The molecule has 0 saturated heterocycles.